The Morgan fingerprint density at radius 3 is 2.67 bits per heavy atom. The molecule has 2 aliphatic heterocycles. The Labute approximate surface area is 127 Å². The van der Waals surface area contributed by atoms with Crippen molar-refractivity contribution in [2.24, 2.45) is 16.7 Å². The van der Waals surface area contributed by atoms with Crippen molar-refractivity contribution in [2.75, 3.05) is 25.5 Å². The number of ether oxygens (including phenoxy) is 1. The van der Waals surface area contributed by atoms with Crippen LogP contribution >= 0.6 is 0 Å². The molecule has 2 heterocycles. The maximum Gasteiger partial charge on any atom is 0.215 e. The topological polar surface area (TPSA) is 70.4 Å². The Kier molecular flexibility index (Phi) is 3.59. The van der Waals surface area contributed by atoms with Crippen molar-refractivity contribution in [3.63, 3.8) is 0 Å². The minimum atomic E-state index is -3.34. The third-order valence-corrected chi connectivity index (χ3v) is 7.78. The molecule has 0 aromatic carbocycles. The Hall–Kier alpha value is -0.640. The third-order valence-electron chi connectivity index (χ3n) is 5.52. The smallest absolute Gasteiger partial charge is 0.215 e. The fraction of sp³-hybridized carbons (Fsp3) is 0.933. The minimum Gasteiger partial charge on any atom is -0.379 e. The molecule has 3 fully saturated rings. The first-order chi connectivity index (χ1) is 9.80. The second-order valence-electron chi connectivity index (χ2n) is 7.73. The SMILES string of the molecule is CC(C)(CC#N)CS(=O)(=O)N1CC2(CCC2)[C@H]2COC[C@@H]21. The van der Waals surface area contributed by atoms with E-state index in [-0.39, 0.29) is 23.6 Å². The van der Waals surface area contributed by atoms with Crippen LogP contribution in [0.4, 0.5) is 0 Å². The summed E-state index contributed by atoms with van der Waals surface area (Å²) in [5.74, 6) is 0.424. The van der Waals surface area contributed by atoms with Crippen LogP contribution in [0.25, 0.3) is 0 Å². The zero-order valence-corrected chi connectivity index (χ0v) is 13.7. The number of hydrogen-bond donors (Lipinski definition) is 0. The first-order valence-corrected chi connectivity index (χ1v) is 9.35. The van der Waals surface area contributed by atoms with Crippen LogP contribution in [0.1, 0.15) is 39.5 Å². The summed E-state index contributed by atoms with van der Waals surface area (Å²) >= 11 is 0. The molecule has 0 aromatic heterocycles. The molecule has 0 radical (unpaired) electrons. The van der Waals surface area contributed by atoms with Crippen LogP contribution < -0.4 is 0 Å². The molecular weight excluding hydrogens is 288 g/mol. The maximum atomic E-state index is 12.9. The average Bonchev–Trinajstić information content (AvgIpc) is 2.83. The molecule has 1 spiro atoms. The Morgan fingerprint density at radius 2 is 2.10 bits per heavy atom. The summed E-state index contributed by atoms with van der Waals surface area (Å²) in [5, 5.41) is 8.87. The van der Waals surface area contributed by atoms with Crippen molar-refractivity contribution in [3.8, 4) is 6.07 Å². The highest BCUT2D eigenvalue weighted by Crippen LogP contribution is 2.56. The van der Waals surface area contributed by atoms with Gasteiger partial charge in [0.2, 0.25) is 10.0 Å². The Morgan fingerprint density at radius 1 is 1.38 bits per heavy atom. The van der Waals surface area contributed by atoms with Gasteiger partial charge in [0, 0.05) is 18.9 Å². The van der Waals surface area contributed by atoms with Gasteiger partial charge in [-0.2, -0.15) is 9.57 Å². The molecule has 21 heavy (non-hydrogen) atoms. The number of rotatable bonds is 4. The Bertz CT molecular complexity index is 560. The zero-order valence-electron chi connectivity index (χ0n) is 12.8. The van der Waals surface area contributed by atoms with E-state index in [1.54, 1.807) is 4.31 Å². The first-order valence-electron chi connectivity index (χ1n) is 7.74. The molecule has 3 rings (SSSR count). The zero-order chi connectivity index (χ0) is 15.3. The standard InChI is InChI=1S/C15H24N2O3S/c1-14(2,6-7-16)11-21(18,19)17-10-15(4-3-5-15)12-8-20-9-13(12)17/h12-13H,3-6,8-11H2,1-2H3/t12-,13-/m0/s1. The molecule has 0 N–H and O–H groups in total. The number of hydrogen-bond acceptors (Lipinski definition) is 4. The van der Waals surface area contributed by atoms with Gasteiger partial charge in [0.05, 0.1) is 31.1 Å². The summed E-state index contributed by atoms with van der Waals surface area (Å²) < 4.78 is 33.0. The van der Waals surface area contributed by atoms with E-state index in [1.807, 2.05) is 13.8 Å². The maximum absolute atomic E-state index is 12.9. The van der Waals surface area contributed by atoms with Crippen molar-refractivity contribution in [3.05, 3.63) is 0 Å². The van der Waals surface area contributed by atoms with Crippen molar-refractivity contribution in [1.29, 1.82) is 5.26 Å². The number of nitriles is 1. The normalized spacial score (nSPS) is 31.9. The van der Waals surface area contributed by atoms with Crippen LogP contribution in [0.15, 0.2) is 0 Å². The molecule has 0 amide bonds. The van der Waals surface area contributed by atoms with Crippen LogP contribution in [-0.2, 0) is 14.8 Å². The lowest BCUT2D eigenvalue weighted by Gasteiger charge is -2.42. The van der Waals surface area contributed by atoms with Crippen molar-refractivity contribution in [2.45, 2.75) is 45.6 Å². The molecule has 1 saturated carbocycles. The van der Waals surface area contributed by atoms with Crippen LogP contribution in [0.5, 0.6) is 0 Å². The fourth-order valence-corrected chi connectivity index (χ4v) is 6.59. The van der Waals surface area contributed by atoms with Crippen molar-refractivity contribution < 1.29 is 13.2 Å². The highest BCUT2D eigenvalue weighted by atomic mass is 32.2. The molecule has 118 valence electrons. The number of fused-ring (bicyclic) bond motifs is 2. The summed E-state index contributed by atoms with van der Waals surface area (Å²) in [6, 6.07) is 2.12. The van der Waals surface area contributed by atoms with E-state index in [2.05, 4.69) is 6.07 Å². The van der Waals surface area contributed by atoms with Gasteiger partial charge in [-0.15, -0.1) is 0 Å². The predicted molar refractivity (Wildman–Crippen MR) is 78.9 cm³/mol. The van der Waals surface area contributed by atoms with E-state index < -0.39 is 15.4 Å². The van der Waals surface area contributed by atoms with Crippen molar-refractivity contribution >= 4 is 10.0 Å². The molecule has 0 bridgehead atoms. The van der Waals surface area contributed by atoms with Gasteiger partial charge >= 0.3 is 0 Å². The summed E-state index contributed by atoms with van der Waals surface area (Å²) in [4.78, 5) is 0. The highest BCUT2D eigenvalue weighted by molar-refractivity contribution is 7.89. The lowest BCUT2D eigenvalue weighted by atomic mass is 9.62. The summed E-state index contributed by atoms with van der Waals surface area (Å²) in [6.45, 7) is 5.61. The molecule has 2 atom stereocenters. The minimum absolute atomic E-state index is 0.0215. The van der Waals surface area contributed by atoms with Gasteiger partial charge in [-0.05, 0) is 23.7 Å². The molecule has 5 nitrogen and oxygen atoms in total. The number of sulfonamides is 1. The van der Waals surface area contributed by atoms with Gasteiger partial charge in [0.15, 0.2) is 0 Å². The summed E-state index contributed by atoms with van der Waals surface area (Å²) in [7, 11) is -3.34. The van der Waals surface area contributed by atoms with E-state index in [1.165, 1.54) is 6.42 Å². The lowest BCUT2D eigenvalue weighted by molar-refractivity contribution is 0.0600. The average molecular weight is 312 g/mol. The quantitative estimate of drug-likeness (QED) is 0.793. The molecule has 6 heteroatoms. The molecule has 3 aliphatic rings. The second-order valence-corrected chi connectivity index (χ2v) is 9.65. The van der Waals surface area contributed by atoms with Gasteiger partial charge in [-0.1, -0.05) is 20.3 Å². The van der Waals surface area contributed by atoms with E-state index in [9.17, 15) is 8.42 Å². The first kappa shape index (κ1) is 15.3. The van der Waals surface area contributed by atoms with Crippen molar-refractivity contribution in [1.82, 2.24) is 4.31 Å². The van der Waals surface area contributed by atoms with Crippen LogP contribution in [0.3, 0.4) is 0 Å². The van der Waals surface area contributed by atoms with E-state index in [0.29, 0.717) is 25.7 Å². The monoisotopic (exact) mass is 312 g/mol. The van der Waals surface area contributed by atoms with Gasteiger partial charge in [-0.25, -0.2) is 8.42 Å². The lowest BCUT2D eigenvalue weighted by Crippen LogP contribution is -2.43. The number of nitrogens with zero attached hydrogens (tertiary/aromatic N) is 2. The summed E-state index contributed by atoms with van der Waals surface area (Å²) in [5.41, 5.74) is -0.328. The third kappa shape index (κ3) is 2.49. The van der Waals surface area contributed by atoms with Gasteiger partial charge < -0.3 is 4.74 Å². The molecule has 0 aromatic rings. The van der Waals surface area contributed by atoms with Crippen LogP contribution in [0.2, 0.25) is 0 Å². The van der Waals surface area contributed by atoms with Gasteiger partial charge in [0.25, 0.3) is 0 Å². The van der Waals surface area contributed by atoms with E-state index >= 15 is 0 Å². The predicted octanol–water partition coefficient (Wildman–Crippen LogP) is 1.76. The fourth-order valence-electron chi connectivity index (χ4n) is 4.26. The molecule has 0 unspecified atom stereocenters. The Balaban J connectivity index is 1.81. The highest BCUT2D eigenvalue weighted by Gasteiger charge is 2.60. The van der Waals surface area contributed by atoms with Crippen LogP contribution in [-0.4, -0.2) is 44.3 Å². The van der Waals surface area contributed by atoms with E-state index in [0.717, 1.165) is 12.8 Å². The summed E-state index contributed by atoms with van der Waals surface area (Å²) in [6.07, 6.45) is 3.73. The second kappa shape index (κ2) is 4.94. The van der Waals surface area contributed by atoms with E-state index in [4.69, 9.17) is 10.00 Å². The largest absolute Gasteiger partial charge is 0.379 e. The van der Waals surface area contributed by atoms with Gasteiger partial charge in [-0.3, -0.25) is 0 Å². The van der Waals surface area contributed by atoms with Crippen LogP contribution in [0, 0.1) is 28.1 Å². The van der Waals surface area contributed by atoms with Gasteiger partial charge in [0.1, 0.15) is 0 Å². The molecule has 1 aliphatic carbocycles. The molecule has 2 saturated heterocycles. The molecular formula is C15H24N2O3S.